The second kappa shape index (κ2) is 6.18. The van der Waals surface area contributed by atoms with Gasteiger partial charge in [-0.15, -0.1) is 0 Å². The van der Waals surface area contributed by atoms with Crippen LogP contribution in [0.3, 0.4) is 0 Å². The molecule has 21 heavy (non-hydrogen) atoms. The normalized spacial score (nSPS) is 11.0. The average Bonchev–Trinajstić information content (AvgIpc) is 2.43. The highest BCUT2D eigenvalue weighted by Gasteiger charge is 2.16. The Bertz CT molecular complexity index is 843. The smallest absolute Gasteiger partial charge is 0.261 e. The Morgan fingerprint density at radius 2 is 1.81 bits per heavy atom. The van der Waals surface area contributed by atoms with E-state index < -0.39 is 10.0 Å². The fourth-order valence-electron chi connectivity index (χ4n) is 1.66. The third-order valence-electron chi connectivity index (χ3n) is 2.78. The summed E-state index contributed by atoms with van der Waals surface area (Å²) in [5, 5.41) is 8.81. The fourth-order valence-corrected chi connectivity index (χ4v) is 3.68. The zero-order valence-corrected chi connectivity index (χ0v) is 14.9. The van der Waals surface area contributed by atoms with Crippen molar-refractivity contribution >= 4 is 47.6 Å². The molecular weight excluding hydrogens is 420 g/mol. The number of hydrogen-bond donors (Lipinski definition) is 1. The number of aryl methyl sites for hydroxylation is 1. The van der Waals surface area contributed by atoms with Crippen LogP contribution in [0.25, 0.3) is 0 Å². The zero-order valence-electron chi connectivity index (χ0n) is 10.9. The van der Waals surface area contributed by atoms with Crippen LogP contribution in [-0.2, 0) is 10.0 Å². The Balaban J connectivity index is 2.37. The predicted molar refractivity (Wildman–Crippen MR) is 88.5 cm³/mol. The summed E-state index contributed by atoms with van der Waals surface area (Å²) in [4.78, 5) is 0.180. The first-order valence-electron chi connectivity index (χ1n) is 5.82. The molecule has 0 spiro atoms. The summed E-state index contributed by atoms with van der Waals surface area (Å²) < 4.78 is 28.6. The van der Waals surface area contributed by atoms with Crippen molar-refractivity contribution in [3.63, 3.8) is 0 Å². The van der Waals surface area contributed by atoms with E-state index in [9.17, 15) is 8.42 Å². The lowest BCUT2D eigenvalue weighted by molar-refractivity contribution is 0.601. The molecule has 4 nitrogen and oxygen atoms in total. The van der Waals surface area contributed by atoms with Crippen LogP contribution in [0, 0.1) is 18.3 Å². The topological polar surface area (TPSA) is 70.0 Å². The average molecular weight is 430 g/mol. The molecule has 2 aromatic carbocycles. The maximum Gasteiger partial charge on any atom is 0.261 e. The van der Waals surface area contributed by atoms with Gasteiger partial charge >= 0.3 is 0 Å². The van der Waals surface area contributed by atoms with E-state index in [1.807, 2.05) is 13.0 Å². The summed E-state index contributed by atoms with van der Waals surface area (Å²) >= 11 is 6.59. The van der Waals surface area contributed by atoms with E-state index in [1.165, 1.54) is 6.07 Å². The van der Waals surface area contributed by atoms with E-state index in [0.717, 1.165) is 10.0 Å². The quantitative estimate of drug-likeness (QED) is 0.794. The van der Waals surface area contributed by atoms with E-state index in [-0.39, 0.29) is 4.90 Å². The van der Waals surface area contributed by atoms with Crippen molar-refractivity contribution in [2.24, 2.45) is 0 Å². The number of nitrogens with zero attached hydrogens (tertiary/aromatic N) is 1. The molecule has 0 atom stereocenters. The largest absolute Gasteiger partial charge is 0.278 e. The van der Waals surface area contributed by atoms with Gasteiger partial charge in [0.2, 0.25) is 0 Å². The lowest BCUT2D eigenvalue weighted by Crippen LogP contribution is -2.13. The molecule has 2 rings (SSSR count). The SMILES string of the molecule is Cc1cc(S(=O)(=O)Nc2ccc(C#N)cc2Br)ccc1Br. The van der Waals surface area contributed by atoms with Crippen molar-refractivity contribution < 1.29 is 8.42 Å². The van der Waals surface area contributed by atoms with Crippen molar-refractivity contribution in [1.29, 1.82) is 5.26 Å². The zero-order chi connectivity index (χ0) is 15.6. The number of hydrogen-bond acceptors (Lipinski definition) is 3. The van der Waals surface area contributed by atoms with Crippen LogP contribution < -0.4 is 4.72 Å². The summed E-state index contributed by atoms with van der Waals surface area (Å²) in [5.74, 6) is 0. The van der Waals surface area contributed by atoms with Crippen molar-refractivity contribution in [1.82, 2.24) is 0 Å². The third-order valence-corrected chi connectivity index (χ3v) is 5.69. The molecule has 0 radical (unpaired) electrons. The first-order valence-corrected chi connectivity index (χ1v) is 8.89. The molecule has 1 N–H and O–H groups in total. The minimum absolute atomic E-state index is 0.180. The van der Waals surface area contributed by atoms with Crippen LogP contribution in [0.4, 0.5) is 5.69 Å². The minimum Gasteiger partial charge on any atom is -0.278 e. The van der Waals surface area contributed by atoms with Crippen LogP contribution in [-0.4, -0.2) is 8.42 Å². The Morgan fingerprint density at radius 3 is 2.38 bits per heavy atom. The molecule has 0 saturated heterocycles. The molecule has 0 aliphatic carbocycles. The van der Waals surface area contributed by atoms with Crippen molar-refractivity contribution in [2.45, 2.75) is 11.8 Å². The van der Waals surface area contributed by atoms with Crippen LogP contribution in [0.1, 0.15) is 11.1 Å². The molecule has 0 heterocycles. The van der Waals surface area contributed by atoms with Gasteiger partial charge in [0.1, 0.15) is 0 Å². The number of sulfonamides is 1. The highest BCUT2D eigenvalue weighted by molar-refractivity contribution is 9.11. The van der Waals surface area contributed by atoms with Crippen LogP contribution in [0.15, 0.2) is 50.2 Å². The molecule has 0 bridgehead atoms. The molecule has 108 valence electrons. The van der Waals surface area contributed by atoms with Gasteiger partial charge in [0, 0.05) is 8.95 Å². The highest BCUT2D eigenvalue weighted by Crippen LogP contribution is 2.27. The number of halogens is 2. The van der Waals surface area contributed by atoms with Crippen molar-refractivity contribution in [3.05, 3.63) is 56.5 Å². The second-order valence-electron chi connectivity index (χ2n) is 4.32. The van der Waals surface area contributed by atoms with E-state index >= 15 is 0 Å². The Labute approximate surface area is 140 Å². The predicted octanol–water partition coefficient (Wildman–Crippen LogP) is 4.19. The van der Waals surface area contributed by atoms with E-state index in [4.69, 9.17) is 5.26 Å². The van der Waals surface area contributed by atoms with Gasteiger partial charge in [-0.3, -0.25) is 4.72 Å². The van der Waals surface area contributed by atoms with E-state index in [1.54, 1.807) is 30.3 Å². The number of nitriles is 1. The summed E-state index contributed by atoms with van der Waals surface area (Å²) in [5.41, 5.74) is 1.66. The van der Waals surface area contributed by atoms with Gasteiger partial charge < -0.3 is 0 Å². The molecule has 0 amide bonds. The van der Waals surface area contributed by atoms with Crippen LogP contribution in [0.5, 0.6) is 0 Å². The lowest BCUT2D eigenvalue weighted by atomic mass is 10.2. The van der Waals surface area contributed by atoms with Gasteiger partial charge in [-0.2, -0.15) is 5.26 Å². The van der Waals surface area contributed by atoms with E-state index in [0.29, 0.717) is 15.7 Å². The molecule has 0 saturated carbocycles. The molecule has 0 aliphatic heterocycles. The maximum absolute atomic E-state index is 12.4. The molecule has 0 fully saturated rings. The van der Waals surface area contributed by atoms with Crippen LogP contribution in [0.2, 0.25) is 0 Å². The third kappa shape index (κ3) is 3.64. The minimum atomic E-state index is -3.68. The lowest BCUT2D eigenvalue weighted by Gasteiger charge is -2.11. The first kappa shape index (κ1) is 16.0. The van der Waals surface area contributed by atoms with Gasteiger partial charge in [0.05, 0.1) is 22.2 Å². The molecule has 0 unspecified atom stereocenters. The van der Waals surface area contributed by atoms with Gasteiger partial charge in [-0.1, -0.05) is 15.9 Å². The van der Waals surface area contributed by atoms with Gasteiger partial charge in [0.15, 0.2) is 0 Å². The molecular formula is C14H10Br2N2O2S. The first-order chi connectivity index (χ1) is 9.83. The number of nitrogens with one attached hydrogen (secondary N) is 1. The number of benzene rings is 2. The van der Waals surface area contributed by atoms with Gasteiger partial charge in [-0.25, -0.2) is 8.42 Å². The maximum atomic E-state index is 12.4. The summed E-state index contributed by atoms with van der Waals surface area (Å²) in [6.07, 6.45) is 0. The summed E-state index contributed by atoms with van der Waals surface area (Å²) in [6, 6.07) is 11.5. The molecule has 0 aromatic heterocycles. The number of anilines is 1. The molecule has 0 aliphatic rings. The van der Waals surface area contributed by atoms with Crippen LogP contribution >= 0.6 is 31.9 Å². The summed E-state index contributed by atoms with van der Waals surface area (Å²) in [6.45, 7) is 1.82. The second-order valence-corrected chi connectivity index (χ2v) is 7.71. The molecule has 7 heteroatoms. The Morgan fingerprint density at radius 1 is 1.10 bits per heavy atom. The highest BCUT2D eigenvalue weighted by atomic mass is 79.9. The summed E-state index contributed by atoms with van der Waals surface area (Å²) in [7, 11) is -3.68. The fraction of sp³-hybridized carbons (Fsp3) is 0.0714. The van der Waals surface area contributed by atoms with Gasteiger partial charge in [0.25, 0.3) is 10.0 Å². The van der Waals surface area contributed by atoms with Crippen molar-refractivity contribution in [3.8, 4) is 6.07 Å². The Hall–Kier alpha value is -1.36. The Kier molecular flexibility index (Phi) is 4.71. The number of rotatable bonds is 3. The monoisotopic (exact) mass is 428 g/mol. The van der Waals surface area contributed by atoms with Crippen molar-refractivity contribution in [2.75, 3.05) is 4.72 Å². The molecule has 2 aromatic rings. The van der Waals surface area contributed by atoms with Gasteiger partial charge in [-0.05, 0) is 64.8 Å². The standard InChI is InChI=1S/C14H10Br2N2O2S/c1-9-6-11(3-4-12(9)15)21(19,20)18-14-5-2-10(8-17)7-13(14)16/h2-7,18H,1H3. The van der Waals surface area contributed by atoms with E-state index in [2.05, 4.69) is 36.6 Å².